The van der Waals surface area contributed by atoms with E-state index in [0.29, 0.717) is 0 Å². The molecule has 1 atom stereocenters. The van der Waals surface area contributed by atoms with Crippen molar-refractivity contribution in [2.75, 3.05) is 32.8 Å². The fraction of sp³-hybridized carbons (Fsp3) is 0.909. The second-order valence-corrected chi connectivity index (χ2v) is 3.82. The van der Waals surface area contributed by atoms with Gasteiger partial charge in [0.15, 0.2) is 0 Å². The Morgan fingerprint density at radius 3 is 2.73 bits per heavy atom. The summed E-state index contributed by atoms with van der Waals surface area (Å²) < 4.78 is 5.30. The second-order valence-electron chi connectivity index (χ2n) is 3.82. The highest BCUT2D eigenvalue weighted by Crippen LogP contribution is 2.11. The first-order valence-electron chi connectivity index (χ1n) is 5.89. The summed E-state index contributed by atoms with van der Waals surface area (Å²) in [5.41, 5.74) is 0. The summed E-state index contributed by atoms with van der Waals surface area (Å²) in [6, 6.07) is 0. The standard InChI is InChI=1S/C11H22N2O2/c1-3-13(4-2)8-7-12-11(14)10-6-5-9-15-10/h10H,3-9H2,1-2H3,(H,12,14). The zero-order chi connectivity index (χ0) is 11.1. The maximum absolute atomic E-state index is 11.5. The topological polar surface area (TPSA) is 41.6 Å². The molecule has 1 aliphatic heterocycles. The first kappa shape index (κ1) is 12.5. The van der Waals surface area contributed by atoms with Crippen LogP contribution < -0.4 is 5.32 Å². The van der Waals surface area contributed by atoms with Gasteiger partial charge in [0, 0.05) is 19.7 Å². The summed E-state index contributed by atoms with van der Waals surface area (Å²) in [4.78, 5) is 13.8. The minimum absolute atomic E-state index is 0.0552. The van der Waals surface area contributed by atoms with Crippen LogP contribution in [0.3, 0.4) is 0 Å². The van der Waals surface area contributed by atoms with Gasteiger partial charge in [0.05, 0.1) is 0 Å². The third kappa shape index (κ3) is 4.18. The van der Waals surface area contributed by atoms with Crippen molar-refractivity contribution in [2.45, 2.75) is 32.8 Å². The van der Waals surface area contributed by atoms with Crippen molar-refractivity contribution in [1.29, 1.82) is 0 Å². The Morgan fingerprint density at radius 2 is 2.20 bits per heavy atom. The molecule has 4 heteroatoms. The summed E-state index contributed by atoms with van der Waals surface area (Å²) in [7, 11) is 0. The molecule has 0 aromatic rings. The number of rotatable bonds is 6. The zero-order valence-corrected chi connectivity index (χ0v) is 9.79. The average Bonchev–Trinajstić information content (AvgIpc) is 2.77. The van der Waals surface area contributed by atoms with Gasteiger partial charge in [0.2, 0.25) is 5.91 Å². The largest absolute Gasteiger partial charge is 0.368 e. The lowest BCUT2D eigenvalue weighted by atomic mass is 10.2. The maximum atomic E-state index is 11.5. The van der Waals surface area contributed by atoms with E-state index in [0.717, 1.165) is 45.6 Å². The Labute approximate surface area is 92.0 Å². The number of carbonyl (C=O) groups excluding carboxylic acids is 1. The second kappa shape index (κ2) is 6.80. The van der Waals surface area contributed by atoms with Crippen LogP contribution >= 0.6 is 0 Å². The molecular weight excluding hydrogens is 192 g/mol. The molecule has 0 radical (unpaired) electrons. The molecule has 1 aliphatic rings. The highest BCUT2D eigenvalue weighted by Gasteiger charge is 2.22. The van der Waals surface area contributed by atoms with E-state index in [-0.39, 0.29) is 12.0 Å². The van der Waals surface area contributed by atoms with E-state index in [2.05, 4.69) is 24.1 Å². The quantitative estimate of drug-likeness (QED) is 0.705. The average molecular weight is 214 g/mol. The van der Waals surface area contributed by atoms with E-state index >= 15 is 0 Å². The van der Waals surface area contributed by atoms with E-state index in [1.165, 1.54) is 0 Å². The van der Waals surface area contributed by atoms with Gasteiger partial charge >= 0.3 is 0 Å². The molecule has 1 N–H and O–H groups in total. The zero-order valence-electron chi connectivity index (χ0n) is 9.79. The number of hydrogen-bond donors (Lipinski definition) is 1. The van der Waals surface area contributed by atoms with Crippen LogP contribution in [-0.2, 0) is 9.53 Å². The van der Waals surface area contributed by atoms with Crippen LogP contribution in [0.15, 0.2) is 0 Å². The number of nitrogens with one attached hydrogen (secondary N) is 1. The van der Waals surface area contributed by atoms with Crippen LogP contribution in [-0.4, -0.2) is 49.7 Å². The Balaban J connectivity index is 2.10. The lowest BCUT2D eigenvalue weighted by Crippen LogP contribution is -2.39. The number of amides is 1. The summed E-state index contributed by atoms with van der Waals surface area (Å²) in [5, 5.41) is 2.92. The van der Waals surface area contributed by atoms with Crippen LogP contribution in [0.4, 0.5) is 0 Å². The number of ether oxygens (including phenoxy) is 1. The number of nitrogens with zero attached hydrogens (tertiary/aromatic N) is 1. The lowest BCUT2D eigenvalue weighted by molar-refractivity contribution is -0.130. The molecule has 1 unspecified atom stereocenters. The normalized spacial score (nSPS) is 20.9. The number of likely N-dealkylation sites (N-methyl/N-ethyl adjacent to an activating group) is 1. The lowest BCUT2D eigenvalue weighted by Gasteiger charge is -2.18. The van der Waals surface area contributed by atoms with Crippen molar-refractivity contribution < 1.29 is 9.53 Å². The Bertz CT molecular complexity index is 187. The Kier molecular flexibility index (Phi) is 5.65. The molecule has 0 bridgehead atoms. The van der Waals surface area contributed by atoms with E-state index in [1.54, 1.807) is 0 Å². The Hall–Kier alpha value is -0.610. The molecule has 1 rings (SSSR count). The predicted octanol–water partition coefficient (Wildman–Crippen LogP) is 0.623. The molecule has 88 valence electrons. The van der Waals surface area contributed by atoms with Gasteiger partial charge in [0.1, 0.15) is 6.10 Å². The van der Waals surface area contributed by atoms with Crippen LogP contribution in [0.2, 0.25) is 0 Å². The molecule has 15 heavy (non-hydrogen) atoms. The smallest absolute Gasteiger partial charge is 0.249 e. The summed E-state index contributed by atoms with van der Waals surface area (Å²) in [6.45, 7) is 8.70. The monoisotopic (exact) mass is 214 g/mol. The van der Waals surface area contributed by atoms with E-state index in [4.69, 9.17) is 4.74 Å². The van der Waals surface area contributed by atoms with Gasteiger partial charge in [-0.15, -0.1) is 0 Å². The van der Waals surface area contributed by atoms with Crippen molar-refractivity contribution in [3.05, 3.63) is 0 Å². The molecule has 0 aromatic carbocycles. The van der Waals surface area contributed by atoms with Gasteiger partial charge in [-0.1, -0.05) is 13.8 Å². The molecule has 0 spiro atoms. The third-order valence-corrected chi connectivity index (χ3v) is 2.84. The maximum Gasteiger partial charge on any atom is 0.249 e. The number of carbonyl (C=O) groups is 1. The molecule has 0 aromatic heterocycles. The van der Waals surface area contributed by atoms with Crippen molar-refractivity contribution in [1.82, 2.24) is 10.2 Å². The Morgan fingerprint density at radius 1 is 1.47 bits per heavy atom. The van der Waals surface area contributed by atoms with Crippen molar-refractivity contribution in [3.8, 4) is 0 Å². The van der Waals surface area contributed by atoms with Gasteiger partial charge in [-0.05, 0) is 25.9 Å². The molecule has 0 saturated carbocycles. The van der Waals surface area contributed by atoms with Gasteiger partial charge in [-0.25, -0.2) is 0 Å². The summed E-state index contributed by atoms with van der Waals surface area (Å²) >= 11 is 0. The molecule has 4 nitrogen and oxygen atoms in total. The van der Waals surface area contributed by atoms with Gasteiger partial charge in [-0.3, -0.25) is 4.79 Å². The van der Waals surface area contributed by atoms with E-state index in [1.807, 2.05) is 0 Å². The van der Waals surface area contributed by atoms with E-state index < -0.39 is 0 Å². The summed E-state index contributed by atoms with van der Waals surface area (Å²) in [6.07, 6.45) is 1.69. The fourth-order valence-electron chi connectivity index (χ4n) is 1.78. The minimum Gasteiger partial charge on any atom is -0.368 e. The first-order valence-corrected chi connectivity index (χ1v) is 5.89. The van der Waals surface area contributed by atoms with Crippen molar-refractivity contribution in [2.24, 2.45) is 0 Å². The molecule has 1 fully saturated rings. The minimum atomic E-state index is -0.193. The van der Waals surface area contributed by atoms with Gasteiger partial charge in [0.25, 0.3) is 0 Å². The molecular formula is C11H22N2O2. The summed E-state index contributed by atoms with van der Waals surface area (Å²) in [5.74, 6) is 0.0552. The van der Waals surface area contributed by atoms with Crippen LogP contribution in [0.5, 0.6) is 0 Å². The van der Waals surface area contributed by atoms with Crippen LogP contribution in [0.25, 0.3) is 0 Å². The van der Waals surface area contributed by atoms with Crippen molar-refractivity contribution >= 4 is 5.91 Å². The first-order chi connectivity index (χ1) is 7.27. The van der Waals surface area contributed by atoms with Gasteiger partial charge in [-0.2, -0.15) is 0 Å². The third-order valence-electron chi connectivity index (χ3n) is 2.84. The van der Waals surface area contributed by atoms with Crippen LogP contribution in [0.1, 0.15) is 26.7 Å². The predicted molar refractivity (Wildman–Crippen MR) is 59.8 cm³/mol. The molecule has 0 aliphatic carbocycles. The highest BCUT2D eigenvalue weighted by atomic mass is 16.5. The van der Waals surface area contributed by atoms with Gasteiger partial charge < -0.3 is 15.0 Å². The molecule has 1 heterocycles. The molecule has 1 amide bonds. The number of hydrogen-bond acceptors (Lipinski definition) is 3. The SMILES string of the molecule is CCN(CC)CCNC(=O)C1CCCO1. The van der Waals surface area contributed by atoms with E-state index in [9.17, 15) is 4.79 Å². The highest BCUT2D eigenvalue weighted by molar-refractivity contribution is 5.80. The van der Waals surface area contributed by atoms with Crippen LogP contribution in [0, 0.1) is 0 Å². The van der Waals surface area contributed by atoms with Crippen molar-refractivity contribution in [3.63, 3.8) is 0 Å². The molecule has 1 saturated heterocycles. The fourth-order valence-corrected chi connectivity index (χ4v) is 1.78.